The standard InChI is InChI=1S/C34H24N4O17S5.C5H13NO2.Li.Na/c39-30-16-26(57(44,45)46)10-20-9-22(7-8-28(20)30)35-36-23-5-3-18(32(13-23)59(50,51)52)1-2-19-4-6-24(14-33(19)60(53,54)55)37-38-29-15-25(56(41,42)43)11-21-12-27(58(47,48)49)17-31(40)34(21)29;1-6(2-4-7)3-5-8;;/h1-17,39-40H,(H,41,42,43)(H,44,45,46)(H,47,48,49)(H,50,51,52)(H,53,54,55);7-8H,2-5H2,1H3;;/q;;2*+1/p-3/b2-1+,36-35?,38-37?;;;. The van der Waals surface area contributed by atoms with Crippen LogP contribution >= 0.6 is 0 Å². The Morgan fingerprint density at radius 2 is 0.943 bits per heavy atom. The van der Waals surface area contributed by atoms with E-state index < -0.39 is 97.6 Å². The van der Waals surface area contributed by atoms with Crippen LogP contribution < -0.4 is 53.3 Å². The summed E-state index contributed by atoms with van der Waals surface area (Å²) in [4.78, 5) is -3.18. The summed E-state index contributed by atoms with van der Waals surface area (Å²) >= 11 is 0. The second kappa shape index (κ2) is 23.8. The van der Waals surface area contributed by atoms with Crippen molar-refractivity contribution in [1.29, 1.82) is 0 Å². The van der Waals surface area contributed by atoms with Gasteiger partial charge in [0.15, 0.2) is 0 Å². The second-order valence-corrected chi connectivity index (χ2v) is 21.1. The van der Waals surface area contributed by atoms with Gasteiger partial charge in [-0.05, 0) is 101 Å². The third-order valence-corrected chi connectivity index (χ3v) is 13.6. The van der Waals surface area contributed by atoms with Crippen molar-refractivity contribution in [3.8, 4) is 11.5 Å². The van der Waals surface area contributed by atoms with Crippen LogP contribution in [-0.2, 0) is 50.6 Å². The van der Waals surface area contributed by atoms with Crippen molar-refractivity contribution < 1.29 is 139 Å². The molecule has 0 fully saturated rings. The number of hydrogen-bond acceptors (Lipinski definition) is 22. The fourth-order valence-corrected chi connectivity index (χ4v) is 9.08. The molecule has 0 atom stereocenters. The van der Waals surface area contributed by atoms with Crippen LogP contribution in [0.2, 0.25) is 0 Å². The van der Waals surface area contributed by atoms with Gasteiger partial charge in [0.1, 0.15) is 70.0 Å². The molecule has 0 aliphatic rings. The van der Waals surface area contributed by atoms with Crippen molar-refractivity contribution >= 4 is 107 Å². The molecule has 6 aromatic carbocycles. The molecule has 0 aromatic heterocycles. The quantitative estimate of drug-likeness (QED) is 0.0255. The van der Waals surface area contributed by atoms with E-state index >= 15 is 0 Å². The zero-order valence-electron chi connectivity index (χ0n) is 36.4. The Balaban J connectivity index is 0.00000119. The Kier molecular flexibility index (Phi) is 20.3. The van der Waals surface area contributed by atoms with Crippen LogP contribution in [0.3, 0.4) is 0 Å². The van der Waals surface area contributed by atoms with E-state index in [2.05, 4.69) is 20.5 Å². The summed E-state index contributed by atoms with van der Waals surface area (Å²) in [6.07, 6.45) is 2.01. The largest absolute Gasteiger partial charge is 1.00 e. The van der Waals surface area contributed by atoms with Gasteiger partial charge in [0.2, 0.25) is 0 Å². The molecule has 70 heavy (non-hydrogen) atoms. The second-order valence-electron chi connectivity index (χ2n) is 14.2. The Morgan fingerprint density at radius 3 is 1.41 bits per heavy atom. The number of phenols is 2. The molecule has 0 radical (unpaired) electrons. The smallest absolute Gasteiger partial charge is 0.744 e. The molecule has 31 heteroatoms. The Hall–Kier alpha value is -4.59. The minimum absolute atomic E-state index is 0. The summed E-state index contributed by atoms with van der Waals surface area (Å²) in [6, 6.07) is 14.4. The molecule has 0 aliphatic carbocycles. The number of likely N-dealkylation sites (N-methyl/N-ethyl adjacent to an activating group) is 1. The molecule has 0 amide bonds. The molecular weight excluding hydrogens is 1030 g/mol. The van der Waals surface area contributed by atoms with Gasteiger partial charge in [0, 0.05) is 5.39 Å². The third kappa shape index (κ3) is 15.7. The van der Waals surface area contributed by atoms with E-state index in [-0.39, 0.29) is 106 Å². The number of benzene rings is 6. The number of phenolic OH excluding ortho intramolecular Hbond substituents is 2. The van der Waals surface area contributed by atoms with Gasteiger partial charge in [-0.2, -0.15) is 23.8 Å². The van der Waals surface area contributed by atoms with Gasteiger partial charge < -0.3 is 43.5 Å². The predicted molar refractivity (Wildman–Crippen MR) is 234 cm³/mol. The van der Waals surface area contributed by atoms with E-state index in [1.54, 1.807) is 0 Å². The van der Waals surface area contributed by atoms with Crippen LogP contribution in [-0.4, -0.2) is 119 Å². The van der Waals surface area contributed by atoms with Crippen LogP contribution in [0.4, 0.5) is 22.7 Å². The van der Waals surface area contributed by atoms with Crippen LogP contribution in [0.15, 0.2) is 136 Å². The molecule has 0 bridgehead atoms. The van der Waals surface area contributed by atoms with Crippen molar-refractivity contribution in [3.63, 3.8) is 0 Å². The monoisotopic (exact) mass is 1070 g/mol. The molecule has 24 nitrogen and oxygen atoms in total. The molecule has 6 rings (SSSR count). The summed E-state index contributed by atoms with van der Waals surface area (Å²) < 4.78 is 176. The van der Waals surface area contributed by atoms with E-state index in [1.165, 1.54) is 24.3 Å². The first-order chi connectivity index (χ1) is 31.5. The first-order valence-corrected chi connectivity index (χ1v) is 25.8. The minimum Gasteiger partial charge on any atom is -0.744 e. The van der Waals surface area contributed by atoms with Gasteiger partial charge in [-0.25, -0.2) is 33.7 Å². The van der Waals surface area contributed by atoms with Crippen molar-refractivity contribution in [2.45, 2.75) is 24.5 Å². The van der Waals surface area contributed by atoms with E-state index in [9.17, 15) is 75.1 Å². The van der Waals surface area contributed by atoms with Crippen molar-refractivity contribution in [2.24, 2.45) is 20.5 Å². The van der Waals surface area contributed by atoms with Gasteiger partial charge in [0.25, 0.3) is 10.1 Å². The number of nitrogens with zero attached hydrogens (tertiary/aromatic N) is 4. The van der Waals surface area contributed by atoms with E-state index in [0.29, 0.717) is 24.3 Å². The van der Waals surface area contributed by atoms with Crippen LogP contribution in [0.5, 0.6) is 11.5 Å². The third-order valence-electron chi connectivity index (χ3n) is 9.32. The molecular formula is C39H34LiN5NaO19S5-. The number of fused-ring (bicyclic) bond motifs is 2. The van der Waals surface area contributed by atoms with Crippen molar-refractivity contribution in [1.82, 2.24) is 0 Å². The summed E-state index contributed by atoms with van der Waals surface area (Å²) in [5, 5.41) is 52.2. The molecule has 6 N–H and O–H groups in total. The first-order valence-electron chi connectivity index (χ1n) is 18.7. The van der Waals surface area contributed by atoms with E-state index in [1.807, 2.05) is 7.05 Å². The Bertz CT molecular complexity index is 3630. The van der Waals surface area contributed by atoms with E-state index in [4.69, 9.17) is 10.2 Å². The first kappa shape index (κ1) is 59.7. The Morgan fingerprint density at radius 1 is 0.529 bits per heavy atom. The number of aromatic hydroxyl groups is 2. The number of nitrogens with one attached hydrogen (secondary N) is 1. The van der Waals surface area contributed by atoms with E-state index in [0.717, 1.165) is 72.6 Å². The molecule has 0 saturated heterocycles. The molecule has 362 valence electrons. The minimum atomic E-state index is -5.25. The molecule has 6 aromatic rings. The number of hydrogen-bond donors (Lipinski definition) is 6. The maximum atomic E-state index is 12.4. The van der Waals surface area contributed by atoms with Crippen molar-refractivity contribution in [2.75, 3.05) is 33.4 Å². The van der Waals surface area contributed by atoms with Gasteiger partial charge in [-0.3, -0.25) is 4.55 Å². The van der Waals surface area contributed by atoms with Crippen LogP contribution in [0.1, 0.15) is 11.1 Å². The zero-order chi connectivity index (χ0) is 50.6. The SMILES string of the molecule is C[NH+](CCO)CCO.O=S(=O)([O-])c1cc(O)c2ccc(N=Nc3ccc(/C=C/c4ccc(N=Nc5cc(S(=O)(=O)[O-])cc6cc(S(=O)(=O)[O-])cc(O)c56)cc4S(=O)(=O)O)c(S(=O)(=O)[O-])c3)cc2c1.[Li+].[Na+]. The molecule has 0 unspecified atom stereocenters. The molecule has 0 spiro atoms. The van der Waals surface area contributed by atoms with Gasteiger partial charge in [0.05, 0.1) is 68.0 Å². The molecule has 0 heterocycles. The average Bonchev–Trinajstić information content (AvgIpc) is 3.22. The fraction of sp³-hybridized carbons (Fsp3) is 0.128. The summed E-state index contributed by atoms with van der Waals surface area (Å²) in [5.41, 5.74) is -1.60. The molecule has 0 saturated carbocycles. The number of aliphatic hydroxyl groups is 2. The molecule has 0 aliphatic heterocycles. The van der Waals surface area contributed by atoms with Crippen LogP contribution in [0.25, 0.3) is 33.7 Å². The van der Waals surface area contributed by atoms with Gasteiger partial charge in [-0.15, -0.1) is 5.11 Å². The summed E-state index contributed by atoms with van der Waals surface area (Å²) in [6.45, 7) is 1.85. The van der Waals surface area contributed by atoms with Crippen LogP contribution in [0, 0.1) is 0 Å². The predicted octanol–water partition coefficient (Wildman–Crippen LogP) is -3.24. The number of quaternary nitrogens is 1. The number of azo groups is 2. The normalized spacial score (nSPS) is 12.6. The summed E-state index contributed by atoms with van der Waals surface area (Å²) in [7, 11) is -23.8. The summed E-state index contributed by atoms with van der Waals surface area (Å²) in [5.74, 6) is -1.38. The average molecular weight is 1070 g/mol. The zero-order valence-corrected chi connectivity index (χ0v) is 42.5. The topological polar surface area (TPSA) is 418 Å². The van der Waals surface area contributed by atoms with Gasteiger partial charge in [-0.1, -0.05) is 24.3 Å². The Labute approximate surface area is 434 Å². The maximum Gasteiger partial charge on any atom is 1.00 e. The van der Waals surface area contributed by atoms with Crippen molar-refractivity contribution in [3.05, 3.63) is 102 Å². The number of rotatable bonds is 15. The fourth-order valence-electron chi connectivity index (χ4n) is 6.10. The number of aliphatic hydroxyl groups excluding tert-OH is 2. The maximum absolute atomic E-state index is 12.4. The van der Waals surface area contributed by atoms with Gasteiger partial charge >= 0.3 is 48.4 Å².